The van der Waals surface area contributed by atoms with Gasteiger partial charge in [-0.25, -0.2) is 13.2 Å². The van der Waals surface area contributed by atoms with Crippen molar-refractivity contribution in [1.82, 2.24) is 14.9 Å². The van der Waals surface area contributed by atoms with Crippen molar-refractivity contribution in [3.05, 3.63) is 101 Å². The summed E-state index contributed by atoms with van der Waals surface area (Å²) in [4.78, 5) is 18.2. The molecule has 10 nitrogen and oxygen atoms in total. The van der Waals surface area contributed by atoms with Crippen LogP contribution in [0.3, 0.4) is 0 Å². The van der Waals surface area contributed by atoms with E-state index in [0.29, 0.717) is 16.5 Å². The summed E-state index contributed by atoms with van der Waals surface area (Å²) >= 11 is 5.86. The molecule has 0 spiro atoms. The highest BCUT2D eigenvalue weighted by atomic mass is 32.2. The van der Waals surface area contributed by atoms with E-state index < -0.39 is 16.0 Å². The number of carbonyl (C=O) groups is 1. The molecule has 212 valence electrons. The van der Waals surface area contributed by atoms with Gasteiger partial charge in [0.15, 0.2) is 5.11 Å². The monoisotopic (exact) mass is 591 g/mol. The topological polar surface area (TPSA) is 126 Å². The number of ether oxygens (including phenoxy) is 1. The van der Waals surface area contributed by atoms with E-state index in [2.05, 4.69) is 21.1 Å². The molecule has 1 fully saturated rings. The van der Waals surface area contributed by atoms with Crippen molar-refractivity contribution >= 4 is 44.7 Å². The number of thiocarbonyl (C=S) groups is 1. The summed E-state index contributed by atoms with van der Waals surface area (Å²) in [6.07, 6.45) is 2.80. The summed E-state index contributed by atoms with van der Waals surface area (Å²) in [6, 6.07) is 19.0. The van der Waals surface area contributed by atoms with Crippen molar-refractivity contribution in [3.8, 4) is 11.4 Å². The first-order valence-electron chi connectivity index (χ1n) is 12.7. The van der Waals surface area contributed by atoms with Gasteiger partial charge < -0.3 is 24.6 Å². The van der Waals surface area contributed by atoms with Crippen LogP contribution in [0.1, 0.15) is 45.1 Å². The van der Waals surface area contributed by atoms with Crippen LogP contribution in [-0.4, -0.2) is 47.5 Å². The molecule has 0 unspecified atom stereocenters. The fourth-order valence-electron chi connectivity index (χ4n) is 5.34. The third kappa shape index (κ3) is 5.48. The average molecular weight is 592 g/mol. The largest absolute Gasteiger partial charge is 0.495 e. The van der Waals surface area contributed by atoms with Crippen molar-refractivity contribution in [1.29, 1.82) is 0 Å². The maximum Gasteiger partial charge on any atom is 0.335 e. The summed E-state index contributed by atoms with van der Waals surface area (Å²) < 4.78 is 34.2. The van der Waals surface area contributed by atoms with Crippen LogP contribution in [-0.2, 0) is 10.0 Å². The molecule has 0 saturated carbocycles. The highest BCUT2D eigenvalue weighted by molar-refractivity contribution is 7.92. The lowest BCUT2D eigenvalue weighted by atomic mass is 9.96. The normalized spacial score (nSPS) is 16.9. The maximum atomic E-state index is 12.1. The Morgan fingerprint density at radius 3 is 2.51 bits per heavy atom. The van der Waals surface area contributed by atoms with Crippen LogP contribution in [0.5, 0.6) is 5.75 Å². The first-order chi connectivity index (χ1) is 19.5. The number of aromatic nitrogens is 2. The Balaban J connectivity index is 1.69. The van der Waals surface area contributed by atoms with Gasteiger partial charge in [-0.1, -0.05) is 12.1 Å². The van der Waals surface area contributed by atoms with Crippen molar-refractivity contribution in [2.75, 3.05) is 23.0 Å². The fraction of sp³-hybridized carbons (Fsp3) is 0.207. The van der Waals surface area contributed by atoms with Gasteiger partial charge in [0.1, 0.15) is 5.75 Å². The molecule has 0 aliphatic carbocycles. The van der Waals surface area contributed by atoms with E-state index >= 15 is 0 Å². The van der Waals surface area contributed by atoms with Gasteiger partial charge in [0.25, 0.3) is 0 Å². The smallest absolute Gasteiger partial charge is 0.335 e. The van der Waals surface area contributed by atoms with Crippen molar-refractivity contribution in [2.24, 2.45) is 0 Å². The third-order valence-corrected chi connectivity index (χ3v) is 7.90. The lowest BCUT2D eigenvalue weighted by molar-refractivity contribution is 0.0697. The highest BCUT2D eigenvalue weighted by Crippen LogP contribution is 2.45. The minimum Gasteiger partial charge on any atom is -0.495 e. The van der Waals surface area contributed by atoms with E-state index in [1.807, 2.05) is 53.6 Å². The van der Waals surface area contributed by atoms with Gasteiger partial charge in [0.05, 0.1) is 42.4 Å². The molecule has 2 aromatic carbocycles. The van der Waals surface area contributed by atoms with Crippen LogP contribution < -0.4 is 19.7 Å². The van der Waals surface area contributed by atoms with E-state index in [-0.39, 0.29) is 23.3 Å². The second-order valence-electron chi connectivity index (χ2n) is 9.77. The lowest BCUT2D eigenvalue weighted by Crippen LogP contribution is -2.29. The number of hydrogen-bond acceptors (Lipinski definition) is 6. The first kappa shape index (κ1) is 28.1. The highest BCUT2D eigenvalue weighted by Gasteiger charge is 2.42. The number of pyridine rings is 1. The van der Waals surface area contributed by atoms with Crippen LogP contribution in [0.2, 0.25) is 0 Å². The number of carboxylic acid groups (broad SMARTS) is 1. The molecule has 0 amide bonds. The lowest BCUT2D eigenvalue weighted by Gasteiger charge is -2.29. The zero-order valence-electron chi connectivity index (χ0n) is 22.8. The van der Waals surface area contributed by atoms with E-state index in [9.17, 15) is 18.3 Å². The Bertz CT molecular complexity index is 1750. The van der Waals surface area contributed by atoms with Gasteiger partial charge in [0, 0.05) is 29.0 Å². The molecule has 3 heterocycles. The fourth-order valence-corrected chi connectivity index (χ4v) is 6.24. The number of aromatic carboxylic acids is 1. The Kier molecular flexibility index (Phi) is 7.45. The molecule has 4 aromatic rings. The molecule has 2 atom stereocenters. The van der Waals surface area contributed by atoms with Crippen LogP contribution in [0.15, 0.2) is 72.9 Å². The van der Waals surface area contributed by atoms with E-state index in [1.165, 1.54) is 7.11 Å². The number of benzene rings is 2. The van der Waals surface area contributed by atoms with Gasteiger partial charge in [-0.15, -0.1) is 0 Å². The first-order valence-corrected chi connectivity index (χ1v) is 15.0. The SMILES string of the molecule is COc1ccc(N2C(=S)N[C@H](c3ccccn3)[C@H]2c2cc(C)n(-c3cccc(C(=O)O)c3)c2C)cc1NS(C)(=O)=O. The van der Waals surface area contributed by atoms with Gasteiger partial charge in [-0.2, -0.15) is 0 Å². The standard InChI is InChI=1S/C29H29N5O5S2/c1-17-14-22(18(2)33(17)20-9-7-8-19(15-20)28(35)36)27-26(23-10-5-6-13-30-23)31-29(40)34(27)21-11-12-25(39-3)24(16-21)32-41(4,37)38/h5-16,26-27,32H,1-4H3,(H,31,40)(H,35,36)/t26-,27-/m1/s1. The number of nitrogens with zero attached hydrogens (tertiary/aromatic N) is 3. The van der Waals surface area contributed by atoms with Crippen molar-refractivity contribution in [2.45, 2.75) is 25.9 Å². The van der Waals surface area contributed by atoms with Gasteiger partial charge in [0.2, 0.25) is 10.0 Å². The third-order valence-electron chi connectivity index (χ3n) is 6.99. The van der Waals surface area contributed by atoms with Gasteiger partial charge >= 0.3 is 5.97 Å². The minimum atomic E-state index is -3.58. The molecule has 1 aliphatic heterocycles. The van der Waals surface area contributed by atoms with Crippen LogP contribution in [0.25, 0.3) is 5.69 Å². The summed E-state index contributed by atoms with van der Waals surface area (Å²) in [6.45, 7) is 3.95. The minimum absolute atomic E-state index is 0.192. The zero-order chi connectivity index (χ0) is 29.5. The predicted octanol–water partition coefficient (Wildman–Crippen LogP) is 4.74. The average Bonchev–Trinajstić information content (AvgIpc) is 3.43. The second kappa shape index (κ2) is 10.9. The molecule has 1 aliphatic rings. The Hall–Kier alpha value is -4.42. The molecule has 1 saturated heterocycles. The molecular formula is C29H29N5O5S2. The quantitative estimate of drug-likeness (QED) is 0.249. The van der Waals surface area contributed by atoms with E-state index in [0.717, 1.165) is 34.6 Å². The maximum absolute atomic E-state index is 12.1. The van der Waals surface area contributed by atoms with Crippen LogP contribution in [0, 0.1) is 13.8 Å². The number of nitrogens with one attached hydrogen (secondary N) is 2. The number of hydrogen-bond donors (Lipinski definition) is 3. The van der Waals surface area contributed by atoms with Crippen LogP contribution >= 0.6 is 12.2 Å². The molecule has 2 aromatic heterocycles. The molecular weight excluding hydrogens is 562 g/mol. The van der Waals surface area contributed by atoms with E-state index in [4.69, 9.17) is 17.0 Å². The summed E-state index contributed by atoms with van der Waals surface area (Å²) in [5.41, 5.74) is 5.38. The Morgan fingerprint density at radius 1 is 1.07 bits per heavy atom. The van der Waals surface area contributed by atoms with E-state index in [1.54, 1.807) is 36.5 Å². The summed E-state index contributed by atoms with van der Waals surface area (Å²) in [5, 5.41) is 13.4. The number of carboxylic acids is 1. The van der Waals surface area contributed by atoms with Crippen molar-refractivity contribution in [3.63, 3.8) is 0 Å². The molecule has 0 bridgehead atoms. The molecule has 12 heteroatoms. The molecule has 0 radical (unpaired) electrons. The number of aryl methyl sites for hydroxylation is 1. The number of rotatable bonds is 8. The van der Waals surface area contributed by atoms with Crippen LogP contribution in [0.4, 0.5) is 11.4 Å². The second-order valence-corrected chi connectivity index (χ2v) is 11.9. The summed E-state index contributed by atoms with van der Waals surface area (Å²) in [5.74, 6) is -0.633. The molecule has 41 heavy (non-hydrogen) atoms. The Labute approximate surface area is 243 Å². The number of sulfonamides is 1. The number of methoxy groups -OCH3 is 1. The zero-order valence-corrected chi connectivity index (χ0v) is 24.5. The van der Waals surface area contributed by atoms with Gasteiger partial charge in [-0.3, -0.25) is 9.71 Å². The Morgan fingerprint density at radius 2 is 1.85 bits per heavy atom. The predicted molar refractivity (Wildman–Crippen MR) is 162 cm³/mol. The molecule has 5 rings (SSSR count). The van der Waals surface area contributed by atoms with Crippen molar-refractivity contribution < 1.29 is 23.1 Å². The summed E-state index contributed by atoms with van der Waals surface area (Å²) in [7, 11) is -2.11. The van der Waals surface area contributed by atoms with Gasteiger partial charge in [-0.05, 0) is 86.2 Å². The molecule has 3 N–H and O–H groups in total. The number of anilines is 2.